The van der Waals surface area contributed by atoms with E-state index in [-0.39, 0.29) is 11.1 Å². The molecule has 0 saturated carbocycles. The third-order valence-corrected chi connectivity index (χ3v) is 7.25. The lowest BCUT2D eigenvalue weighted by Gasteiger charge is -2.36. The molecule has 1 N–H and O–H groups in total. The van der Waals surface area contributed by atoms with Gasteiger partial charge in [-0.05, 0) is 66.0 Å². The summed E-state index contributed by atoms with van der Waals surface area (Å²) in [5, 5.41) is 4.07. The maximum absolute atomic E-state index is 11.9. The number of carbonyl (C=O) groups is 2. The quantitative estimate of drug-likeness (QED) is 0.501. The Morgan fingerprint density at radius 1 is 1.03 bits per heavy atom. The number of pyridine rings is 1. The van der Waals surface area contributed by atoms with Gasteiger partial charge in [0.25, 0.3) is 11.1 Å². The zero-order chi connectivity index (χ0) is 23.5. The predicted molar refractivity (Wildman–Crippen MR) is 140 cm³/mol. The van der Waals surface area contributed by atoms with Crippen LogP contribution in [0.1, 0.15) is 25.3 Å². The second-order valence-corrected chi connectivity index (χ2v) is 9.74. The summed E-state index contributed by atoms with van der Waals surface area (Å²) in [4.78, 5) is 33.5. The fourth-order valence-electron chi connectivity index (χ4n) is 4.52. The first-order valence-corrected chi connectivity index (χ1v) is 12.6. The number of carbonyl (C=O) groups excluding carboxylic acids is 2. The van der Waals surface area contributed by atoms with Crippen molar-refractivity contribution in [2.24, 2.45) is 0 Å². The van der Waals surface area contributed by atoms with Gasteiger partial charge in [0.15, 0.2) is 0 Å². The normalized spacial score (nSPS) is 18.1. The molecule has 2 amide bonds. The van der Waals surface area contributed by atoms with Gasteiger partial charge in [0.2, 0.25) is 0 Å². The summed E-state index contributed by atoms with van der Waals surface area (Å²) in [6.45, 7) is 7.80. The predicted octanol–water partition coefficient (Wildman–Crippen LogP) is 5.15. The molecule has 2 aliphatic rings. The van der Waals surface area contributed by atoms with E-state index in [0.29, 0.717) is 4.91 Å². The number of amides is 2. The molecule has 1 aromatic heterocycles. The monoisotopic (exact) mass is 472 g/mol. The number of nitrogens with zero attached hydrogens (tertiary/aromatic N) is 3. The van der Waals surface area contributed by atoms with Crippen molar-refractivity contribution in [1.29, 1.82) is 0 Å². The molecule has 0 unspecified atom stereocenters. The maximum atomic E-state index is 11.9. The molecule has 3 aromatic rings. The van der Waals surface area contributed by atoms with E-state index in [4.69, 9.17) is 0 Å². The molecular formula is C27H28N4O2S. The van der Waals surface area contributed by atoms with Gasteiger partial charge in [-0.15, -0.1) is 0 Å². The van der Waals surface area contributed by atoms with E-state index in [2.05, 4.69) is 51.3 Å². The number of nitrogens with one attached hydrogen (secondary N) is 1. The lowest BCUT2D eigenvalue weighted by molar-refractivity contribution is -0.115. The van der Waals surface area contributed by atoms with Crippen molar-refractivity contribution >= 4 is 45.4 Å². The summed E-state index contributed by atoms with van der Waals surface area (Å²) in [7, 11) is 0. The minimum Gasteiger partial charge on any atom is -0.369 e. The fourth-order valence-corrected chi connectivity index (χ4v) is 5.20. The molecule has 34 heavy (non-hydrogen) atoms. The van der Waals surface area contributed by atoms with Crippen LogP contribution in [0.2, 0.25) is 0 Å². The van der Waals surface area contributed by atoms with Crippen molar-refractivity contribution in [3.63, 3.8) is 0 Å². The first-order valence-electron chi connectivity index (χ1n) is 11.8. The summed E-state index contributed by atoms with van der Waals surface area (Å²) in [6.07, 6.45) is 6.11. The van der Waals surface area contributed by atoms with Crippen LogP contribution < -0.4 is 10.2 Å². The van der Waals surface area contributed by atoms with Crippen LogP contribution in [0.4, 0.5) is 10.5 Å². The maximum Gasteiger partial charge on any atom is 0.290 e. The average Bonchev–Trinajstić information content (AvgIpc) is 3.19. The molecule has 0 aliphatic carbocycles. The molecule has 0 radical (unpaired) electrons. The molecule has 0 atom stereocenters. The van der Waals surface area contributed by atoms with E-state index < -0.39 is 0 Å². The standard InChI is InChI=1S/C27H28N4O2S/c1-2-3-12-30-13-15-31(16-14-30)22-8-6-21(7-9-22)25-23-17-19(4-5-20(23)10-11-28-25)18-24-26(32)29-27(33)34-24/h4-11,17-18H,2-3,12-16H2,1H3,(H,29,32,33). The number of aromatic nitrogens is 1. The zero-order valence-corrected chi connectivity index (χ0v) is 20.1. The van der Waals surface area contributed by atoms with Gasteiger partial charge >= 0.3 is 0 Å². The molecule has 0 bridgehead atoms. The number of imide groups is 1. The second kappa shape index (κ2) is 9.99. The highest BCUT2D eigenvalue weighted by atomic mass is 32.2. The third-order valence-electron chi connectivity index (χ3n) is 6.44. The van der Waals surface area contributed by atoms with Crippen molar-refractivity contribution < 1.29 is 9.59 Å². The lowest BCUT2D eigenvalue weighted by Crippen LogP contribution is -2.46. The fraction of sp³-hybridized carbons (Fsp3) is 0.296. The first kappa shape index (κ1) is 22.6. The zero-order valence-electron chi connectivity index (χ0n) is 19.3. The number of benzene rings is 2. The molecule has 3 heterocycles. The highest BCUT2D eigenvalue weighted by molar-refractivity contribution is 8.18. The van der Waals surface area contributed by atoms with Gasteiger partial charge in [0.1, 0.15) is 0 Å². The number of piperazine rings is 1. The molecule has 6 nitrogen and oxygen atoms in total. The third kappa shape index (κ3) is 4.86. The summed E-state index contributed by atoms with van der Waals surface area (Å²) in [6, 6.07) is 16.7. The Morgan fingerprint density at radius 2 is 1.82 bits per heavy atom. The molecule has 0 spiro atoms. The van der Waals surface area contributed by atoms with Crippen molar-refractivity contribution in [3.05, 3.63) is 65.2 Å². The minimum atomic E-state index is -0.344. The minimum absolute atomic E-state index is 0.332. The number of thioether (sulfide) groups is 1. The van der Waals surface area contributed by atoms with Crippen molar-refractivity contribution in [1.82, 2.24) is 15.2 Å². The number of hydrogen-bond donors (Lipinski definition) is 1. The Bertz CT molecular complexity index is 1250. The van der Waals surface area contributed by atoms with E-state index in [0.717, 1.165) is 65.5 Å². The van der Waals surface area contributed by atoms with Crippen molar-refractivity contribution in [2.45, 2.75) is 19.8 Å². The number of rotatable bonds is 6. The summed E-state index contributed by atoms with van der Waals surface area (Å²) in [5.41, 5.74) is 4.09. The van der Waals surface area contributed by atoms with Crippen LogP contribution in [-0.2, 0) is 4.79 Å². The number of anilines is 1. The van der Waals surface area contributed by atoms with E-state index in [1.807, 2.05) is 30.5 Å². The summed E-state index contributed by atoms with van der Waals surface area (Å²) in [5.74, 6) is -0.344. The SMILES string of the molecule is CCCCN1CCN(c2ccc(-c3nccc4ccc(C=C5SC(=O)NC5=O)cc34)cc2)CC1. The van der Waals surface area contributed by atoms with Gasteiger partial charge in [-0.3, -0.25) is 24.8 Å². The molecule has 2 fully saturated rings. The molecule has 5 rings (SSSR count). The van der Waals surface area contributed by atoms with Crippen LogP contribution in [-0.4, -0.2) is 53.8 Å². The van der Waals surface area contributed by atoms with Crippen molar-refractivity contribution in [2.75, 3.05) is 37.6 Å². The summed E-state index contributed by atoms with van der Waals surface area (Å²) >= 11 is 0.932. The van der Waals surface area contributed by atoms with Gasteiger partial charge in [0.05, 0.1) is 10.6 Å². The molecule has 2 saturated heterocycles. The van der Waals surface area contributed by atoms with E-state index in [1.54, 1.807) is 6.08 Å². The Kier molecular flexibility index (Phi) is 6.65. The Hall–Kier alpha value is -3.16. The smallest absolute Gasteiger partial charge is 0.290 e. The van der Waals surface area contributed by atoms with Gasteiger partial charge in [-0.1, -0.05) is 37.6 Å². The second-order valence-electron chi connectivity index (χ2n) is 8.72. The average molecular weight is 473 g/mol. The van der Waals surface area contributed by atoms with E-state index in [9.17, 15) is 9.59 Å². The highest BCUT2D eigenvalue weighted by Gasteiger charge is 2.25. The largest absolute Gasteiger partial charge is 0.369 e. The van der Waals surface area contributed by atoms with Gasteiger partial charge in [-0.2, -0.15) is 0 Å². The summed E-state index contributed by atoms with van der Waals surface area (Å²) < 4.78 is 0. The topological polar surface area (TPSA) is 65.5 Å². The molecule has 7 heteroatoms. The highest BCUT2D eigenvalue weighted by Crippen LogP contribution is 2.31. The number of unbranched alkanes of at least 4 members (excludes halogenated alkanes) is 1. The molecule has 174 valence electrons. The van der Waals surface area contributed by atoms with Crippen LogP contribution in [0, 0.1) is 0 Å². The Morgan fingerprint density at radius 3 is 2.53 bits per heavy atom. The first-order chi connectivity index (χ1) is 16.6. The molecular weight excluding hydrogens is 444 g/mol. The van der Waals surface area contributed by atoms with E-state index >= 15 is 0 Å². The molecule has 2 aromatic carbocycles. The van der Waals surface area contributed by atoms with Crippen LogP contribution >= 0.6 is 11.8 Å². The Labute approximate surface area is 204 Å². The van der Waals surface area contributed by atoms with Crippen molar-refractivity contribution in [3.8, 4) is 11.3 Å². The Balaban J connectivity index is 1.37. The van der Waals surface area contributed by atoms with Gasteiger partial charge in [0, 0.05) is 49.0 Å². The van der Waals surface area contributed by atoms with Gasteiger partial charge < -0.3 is 4.90 Å². The van der Waals surface area contributed by atoms with Crippen LogP contribution in [0.5, 0.6) is 0 Å². The lowest BCUT2D eigenvalue weighted by atomic mass is 10.0. The van der Waals surface area contributed by atoms with Crippen LogP contribution in [0.25, 0.3) is 28.1 Å². The van der Waals surface area contributed by atoms with Gasteiger partial charge in [-0.25, -0.2) is 0 Å². The van der Waals surface area contributed by atoms with Crippen LogP contribution in [0.15, 0.2) is 59.6 Å². The van der Waals surface area contributed by atoms with Crippen LogP contribution in [0.3, 0.4) is 0 Å². The number of hydrogen-bond acceptors (Lipinski definition) is 6. The molecule has 2 aliphatic heterocycles. The van der Waals surface area contributed by atoms with E-state index in [1.165, 1.54) is 25.1 Å². The number of fused-ring (bicyclic) bond motifs is 1.